The molecule has 0 bridgehead atoms. The molecule has 0 saturated carbocycles. The van der Waals surface area contributed by atoms with Crippen LogP contribution in [0.3, 0.4) is 0 Å². The maximum Gasteiger partial charge on any atom is 0.243 e. The molecular formula is C21H29NO2S2. The van der Waals surface area contributed by atoms with Crippen molar-refractivity contribution in [1.29, 1.82) is 0 Å². The summed E-state index contributed by atoms with van der Waals surface area (Å²) < 4.78 is 28.6. The van der Waals surface area contributed by atoms with E-state index in [1.165, 1.54) is 16.0 Å². The Morgan fingerprint density at radius 1 is 1.12 bits per heavy atom. The fourth-order valence-electron chi connectivity index (χ4n) is 3.76. The molecule has 0 spiro atoms. The van der Waals surface area contributed by atoms with E-state index in [1.807, 2.05) is 12.1 Å². The van der Waals surface area contributed by atoms with Gasteiger partial charge in [-0.15, -0.1) is 11.3 Å². The second-order valence-electron chi connectivity index (χ2n) is 7.69. The SMILES string of the molecule is Cc1ccsc1[C@@H]1CCCCCN1S(=O)(=O)c1ccc(CC(C)C)cc1. The van der Waals surface area contributed by atoms with E-state index >= 15 is 0 Å². The second-order valence-corrected chi connectivity index (χ2v) is 10.5. The standard InChI is InChI=1S/C21H29NO2S2/c1-16(2)15-18-8-10-19(11-9-18)26(23,24)22-13-6-4-5-7-20(22)21-17(3)12-14-25-21/h8-12,14,16,20H,4-7,13,15H2,1-3H3/t20-/m0/s1. The minimum atomic E-state index is -3.48. The highest BCUT2D eigenvalue weighted by atomic mass is 32.2. The van der Waals surface area contributed by atoms with Gasteiger partial charge in [0.2, 0.25) is 10.0 Å². The van der Waals surface area contributed by atoms with Gasteiger partial charge < -0.3 is 0 Å². The van der Waals surface area contributed by atoms with Gasteiger partial charge in [0.05, 0.1) is 10.9 Å². The molecule has 142 valence electrons. The Morgan fingerprint density at radius 2 is 1.85 bits per heavy atom. The zero-order valence-electron chi connectivity index (χ0n) is 15.9. The molecule has 2 aromatic rings. The first-order chi connectivity index (χ1) is 12.4. The molecule has 5 heteroatoms. The second kappa shape index (κ2) is 8.24. The van der Waals surface area contributed by atoms with Crippen LogP contribution in [0.15, 0.2) is 40.6 Å². The lowest BCUT2D eigenvalue weighted by Gasteiger charge is -2.29. The van der Waals surface area contributed by atoms with Crippen molar-refractivity contribution in [3.8, 4) is 0 Å². The van der Waals surface area contributed by atoms with Gasteiger partial charge >= 0.3 is 0 Å². The van der Waals surface area contributed by atoms with E-state index in [9.17, 15) is 8.42 Å². The van der Waals surface area contributed by atoms with Gasteiger partial charge in [0.15, 0.2) is 0 Å². The van der Waals surface area contributed by atoms with E-state index in [0.29, 0.717) is 17.4 Å². The Bertz CT molecular complexity index is 822. The zero-order chi connectivity index (χ0) is 18.7. The predicted octanol–water partition coefficient (Wildman–Crippen LogP) is 5.56. The summed E-state index contributed by atoms with van der Waals surface area (Å²) in [7, 11) is -3.48. The first-order valence-electron chi connectivity index (χ1n) is 9.54. The molecule has 1 atom stereocenters. The molecule has 0 aliphatic carbocycles. The predicted molar refractivity (Wildman–Crippen MR) is 109 cm³/mol. The highest BCUT2D eigenvalue weighted by Gasteiger charge is 2.34. The third kappa shape index (κ3) is 4.21. The summed E-state index contributed by atoms with van der Waals surface area (Å²) in [5.74, 6) is 0.564. The van der Waals surface area contributed by atoms with Crippen LogP contribution in [0.2, 0.25) is 0 Å². The molecule has 26 heavy (non-hydrogen) atoms. The monoisotopic (exact) mass is 391 g/mol. The van der Waals surface area contributed by atoms with E-state index in [2.05, 4.69) is 32.2 Å². The van der Waals surface area contributed by atoms with Crippen molar-refractivity contribution in [2.45, 2.75) is 63.8 Å². The first kappa shape index (κ1) is 19.6. The summed E-state index contributed by atoms with van der Waals surface area (Å²) in [6.07, 6.45) is 5.00. The van der Waals surface area contributed by atoms with E-state index in [4.69, 9.17) is 0 Å². The Labute approximate surface area is 162 Å². The van der Waals surface area contributed by atoms with Gasteiger partial charge in [-0.25, -0.2) is 8.42 Å². The molecule has 0 radical (unpaired) electrons. The van der Waals surface area contributed by atoms with E-state index < -0.39 is 10.0 Å². The average Bonchev–Trinajstić information content (AvgIpc) is 2.87. The van der Waals surface area contributed by atoms with Crippen molar-refractivity contribution in [3.05, 3.63) is 51.7 Å². The summed E-state index contributed by atoms with van der Waals surface area (Å²) >= 11 is 1.68. The van der Waals surface area contributed by atoms with Gasteiger partial charge in [-0.05, 0) is 66.8 Å². The zero-order valence-corrected chi connectivity index (χ0v) is 17.6. The van der Waals surface area contributed by atoms with Crippen LogP contribution in [0.5, 0.6) is 0 Å². The molecule has 3 nitrogen and oxygen atoms in total. The van der Waals surface area contributed by atoms with Crippen molar-refractivity contribution >= 4 is 21.4 Å². The molecule has 1 aliphatic rings. The van der Waals surface area contributed by atoms with Gasteiger partial charge in [0, 0.05) is 11.4 Å². The van der Waals surface area contributed by atoms with E-state index in [0.717, 1.165) is 32.1 Å². The molecule has 0 N–H and O–H groups in total. The summed E-state index contributed by atoms with van der Waals surface area (Å²) in [4.78, 5) is 1.62. The fourth-order valence-corrected chi connectivity index (χ4v) is 6.57. The maximum absolute atomic E-state index is 13.4. The van der Waals surface area contributed by atoms with Crippen LogP contribution in [0.4, 0.5) is 0 Å². The minimum Gasteiger partial charge on any atom is -0.207 e. The Kier molecular flexibility index (Phi) is 6.21. The van der Waals surface area contributed by atoms with Gasteiger partial charge in [-0.1, -0.05) is 38.8 Å². The van der Waals surface area contributed by atoms with Crippen molar-refractivity contribution in [2.75, 3.05) is 6.54 Å². The number of thiophene rings is 1. The summed E-state index contributed by atoms with van der Waals surface area (Å²) in [5, 5.41) is 2.07. The molecule has 1 aromatic carbocycles. The van der Waals surface area contributed by atoms with Crippen LogP contribution >= 0.6 is 11.3 Å². The van der Waals surface area contributed by atoms with Crippen LogP contribution in [-0.4, -0.2) is 19.3 Å². The van der Waals surface area contributed by atoms with Crippen LogP contribution in [0.1, 0.15) is 61.6 Å². The van der Waals surface area contributed by atoms with Crippen molar-refractivity contribution in [1.82, 2.24) is 4.31 Å². The lowest BCUT2D eigenvalue weighted by molar-refractivity contribution is 0.332. The third-order valence-corrected chi connectivity index (χ3v) is 8.12. The quantitative estimate of drug-likeness (QED) is 0.669. The molecule has 0 amide bonds. The summed E-state index contributed by atoms with van der Waals surface area (Å²) in [5.41, 5.74) is 2.40. The van der Waals surface area contributed by atoms with Crippen molar-refractivity contribution < 1.29 is 8.42 Å². The summed E-state index contributed by atoms with van der Waals surface area (Å²) in [6.45, 7) is 7.05. The number of hydrogen-bond donors (Lipinski definition) is 0. The van der Waals surface area contributed by atoms with Crippen LogP contribution in [0.25, 0.3) is 0 Å². The first-order valence-corrected chi connectivity index (χ1v) is 11.9. The number of sulfonamides is 1. The normalized spacial score (nSPS) is 19.6. The Hall–Kier alpha value is -1.17. The number of hydrogen-bond acceptors (Lipinski definition) is 3. The number of rotatable bonds is 5. The molecule has 3 rings (SSSR count). The van der Waals surface area contributed by atoms with E-state index in [1.54, 1.807) is 27.8 Å². The molecule has 1 aromatic heterocycles. The van der Waals surface area contributed by atoms with Crippen LogP contribution in [0, 0.1) is 12.8 Å². The third-order valence-electron chi connectivity index (χ3n) is 5.08. The number of nitrogens with zero attached hydrogens (tertiary/aromatic N) is 1. The minimum absolute atomic E-state index is 0.0298. The molecule has 2 heterocycles. The molecule has 1 saturated heterocycles. The van der Waals surface area contributed by atoms with Gasteiger partial charge in [0.25, 0.3) is 0 Å². The molecule has 1 fully saturated rings. The highest BCUT2D eigenvalue weighted by molar-refractivity contribution is 7.89. The maximum atomic E-state index is 13.4. The lowest BCUT2D eigenvalue weighted by atomic mass is 10.0. The Balaban J connectivity index is 1.93. The fraction of sp³-hybridized carbons (Fsp3) is 0.524. The average molecular weight is 392 g/mol. The van der Waals surface area contributed by atoms with Crippen LogP contribution in [-0.2, 0) is 16.4 Å². The summed E-state index contributed by atoms with van der Waals surface area (Å²) in [6, 6.07) is 9.58. The number of aryl methyl sites for hydroxylation is 1. The lowest BCUT2D eigenvalue weighted by Crippen LogP contribution is -2.34. The number of benzene rings is 1. The van der Waals surface area contributed by atoms with Crippen LogP contribution < -0.4 is 0 Å². The van der Waals surface area contributed by atoms with Crippen molar-refractivity contribution in [2.24, 2.45) is 5.92 Å². The van der Waals surface area contributed by atoms with Gasteiger partial charge in [-0.2, -0.15) is 4.31 Å². The Morgan fingerprint density at radius 3 is 2.46 bits per heavy atom. The molecule has 1 aliphatic heterocycles. The van der Waals surface area contributed by atoms with Gasteiger partial charge in [0.1, 0.15) is 0 Å². The molecular weight excluding hydrogens is 362 g/mol. The van der Waals surface area contributed by atoms with E-state index in [-0.39, 0.29) is 6.04 Å². The molecule has 0 unspecified atom stereocenters. The highest BCUT2D eigenvalue weighted by Crippen LogP contribution is 2.38. The topological polar surface area (TPSA) is 37.4 Å². The van der Waals surface area contributed by atoms with Gasteiger partial charge in [-0.3, -0.25) is 0 Å². The largest absolute Gasteiger partial charge is 0.243 e. The van der Waals surface area contributed by atoms with Crippen molar-refractivity contribution in [3.63, 3.8) is 0 Å². The smallest absolute Gasteiger partial charge is 0.207 e.